The topological polar surface area (TPSA) is 76.9 Å². The Balaban J connectivity index is 1.54. The number of fused-ring (bicyclic) bond motifs is 2. The van der Waals surface area contributed by atoms with Crippen molar-refractivity contribution >= 4 is 55.3 Å². The van der Waals surface area contributed by atoms with Gasteiger partial charge in [-0.25, -0.2) is 14.4 Å². The van der Waals surface area contributed by atoms with Crippen LogP contribution in [0.3, 0.4) is 0 Å². The quantitative estimate of drug-likeness (QED) is 0.375. The maximum Gasteiger partial charge on any atom is 0.262 e. The third-order valence-electron chi connectivity index (χ3n) is 4.22. The van der Waals surface area contributed by atoms with Crippen molar-refractivity contribution in [3.05, 3.63) is 58.6 Å². The highest BCUT2D eigenvalue weighted by atomic mass is 32.2. The van der Waals surface area contributed by atoms with E-state index in [-0.39, 0.29) is 29.1 Å². The van der Waals surface area contributed by atoms with Crippen LogP contribution in [0.1, 0.15) is 19.9 Å². The standard InChI is InChI=1S/C20H17FN4O2S2/c1-11(2)25-18(27)13-5-3-4-6-14(13)23-20(25)28-10-17(26)24-19-22-15-8-7-12(21)9-16(15)29-19/h3-9,11H,10H2,1-2H3,(H,22,24,26). The molecule has 1 N–H and O–H groups in total. The summed E-state index contributed by atoms with van der Waals surface area (Å²) in [6, 6.07) is 11.4. The summed E-state index contributed by atoms with van der Waals surface area (Å²) in [7, 11) is 0. The Kier molecular flexibility index (Phi) is 5.33. The Bertz CT molecular complexity index is 1280. The molecule has 2 heterocycles. The van der Waals surface area contributed by atoms with E-state index in [0.29, 0.717) is 31.4 Å². The number of para-hydroxylation sites is 1. The molecule has 0 aliphatic heterocycles. The summed E-state index contributed by atoms with van der Waals surface area (Å²) in [6.07, 6.45) is 0. The van der Waals surface area contributed by atoms with Crippen molar-refractivity contribution in [3.8, 4) is 0 Å². The highest BCUT2D eigenvalue weighted by Gasteiger charge is 2.16. The Morgan fingerprint density at radius 3 is 2.79 bits per heavy atom. The van der Waals surface area contributed by atoms with Gasteiger partial charge in [-0.05, 0) is 44.2 Å². The summed E-state index contributed by atoms with van der Waals surface area (Å²) in [6.45, 7) is 3.81. The number of carbonyl (C=O) groups is 1. The fraction of sp³-hybridized carbons (Fsp3) is 0.200. The second-order valence-electron chi connectivity index (χ2n) is 6.65. The number of nitrogens with zero attached hydrogens (tertiary/aromatic N) is 3. The van der Waals surface area contributed by atoms with Gasteiger partial charge in [-0.15, -0.1) is 0 Å². The molecule has 6 nitrogen and oxygen atoms in total. The van der Waals surface area contributed by atoms with Crippen molar-refractivity contribution in [2.45, 2.75) is 25.0 Å². The predicted molar refractivity (Wildman–Crippen MR) is 115 cm³/mol. The molecule has 4 rings (SSSR count). The fourth-order valence-corrected chi connectivity index (χ4v) is 4.76. The number of thioether (sulfide) groups is 1. The molecular weight excluding hydrogens is 411 g/mol. The smallest absolute Gasteiger partial charge is 0.262 e. The van der Waals surface area contributed by atoms with Gasteiger partial charge in [-0.1, -0.05) is 35.2 Å². The first-order chi connectivity index (χ1) is 13.9. The largest absolute Gasteiger partial charge is 0.301 e. The maximum atomic E-state index is 13.3. The average molecular weight is 429 g/mol. The number of thiazole rings is 1. The summed E-state index contributed by atoms with van der Waals surface area (Å²) in [5.41, 5.74) is 1.11. The Labute approximate surface area is 173 Å². The zero-order chi connectivity index (χ0) is 20.5. The minimum Gasteiger partial charge on any atom is -0.301 e. The van der Waals surface area contributed by atoms with Gasteiger partial charge < -0.3 is 5.32 Å². The SMILES string of the molecule is CC(C)n1c(SCC(=O)Nc2nc3ccc(F)cc3s2)nc2ccccc2c1=O. The second-order valence-corrected chi connectivity index (χ2v) is 8.62. The van der Waals surface area contributed by atoms with Crippen LogP contribution >= 0.6 is 23.1 Å². The predicted octanol–water partition coefficient (Wildman–Crippen LogP) is 4.46. The van der Waals surface area contributed by atoms with Crippen LogP contribution in [0.5, 0.6) is 0 Å². The molecule has 4 aromatic rings. The average Bonchev–Trinajstić information content (AvgIpc) is 3.07. The first-order valence-corrected chi connectivity index (χ1v) is 10.7. The molecule has 0 unspecified atom stereocenters. The van der Waals surface area contributed by atoms with E-state index in [0.717, 1.165) is 0 Å². The molecule has 0 spiro atoms. The van der Waals surface area contributed by atoms with Crippen molar-refractivity contribution in [1.82, 2.24) is 14.5 Å². The molecule has 9 heteroatoms. The van der Waals surface area contributed by atoms with Crippen molar-refractivity contribution < 1.29 is 9.18 Å². The molecule has 0 fully saturated rings. The van der Waals surface area contributed by atoms with Gasteiger partial charge in [0.2, 0.25) is 5.91 Å². The maximum absolute atomic E-state index is 13.3. The van der Waals surface area contributed by atoms with E-state index in [1.165, 1.54) is 35.2 Å². The molecule has 0 aliphatic rings. The summed E-state index contributed by atoms with van der Waals surface area (Å²) < 4.78 is 15.6. The highest BCUT2D eigenvalue weighted by Crippen LogP contribution is 2.27. The van der Waals surface area contributed by atoms with Gasteiger partial charge in [0.25, 0.3) is 5.56 Å². The van der Waals surface area contributed by atoms with Gasteiger partial charge in [0.15, 0.2) is 10.3 Å². The first-order valence-electron chi connectivity index (χ1n) is 8.92. The van der Waals surface area contributed by atoms with Gasteiger partial charge >= 0.3 is 0 Å². The number of aromatic nitrogens is 3. The van der Waals surface area contributed by atoms with Crippen LogP contribution in [0, 0.1) is 5.82 Å². The number of carbonyl (C=O) groups excluding carboxylic acids is 1. The highest BCUT2D eigenvalue weighted by molar-refractivity contribution is 7.99. The molecule has 2 aromatic carbocycles. The van der Waals surface area contributed by atoms with Crippen LogP contribution < -0.4 is 10.9 Å². The van der Waals surface area contributed by atoms with E-state index in [1.54, 1.807) is 28.8 Å². The van der Waals surface area contributed by atoms with E-state index in [9.17, 15) is 14.0 Å². The van der Waals surface area contributed by atoms with E-state index in [2.05, 4.69) is 15.3 Å². The van der Waals surface area contributed by atoms with Gasteiger partial charge in [0.1, 0.15) is 5.82 Å². The van der Waals surface area contributed by atoms with Crippen molar-refractivity contribution in [1.29, 1.82) is 0 Å². The zero-order valence-corrected chi connectivity index (χ0v) is 17.3. The molecule has 0 saturated carbocycles. The Morgan fingerprint density at radius 2 is 2.00 bits per heavy atom. The Morgan fingerprint density at radius 1 is 1.21 bits per heavy atom. The van der Waals surface area contributed by atoms with Crippen molar-refractivity contribution in [3.63, 3.8) is 0 Å². The summed E-state index contributed by atoms with van der Waals surface area (Å²) in [5, 5.41) is 4.18. The lowest BCUT2D eigenvalue weighted by molar-refractivity contribution is -0.113. The molecular formula is C20H17FN4O2S2. The number of amides is 1. The molecule has 0 atom stereocenters. The molecule has 1 amide bonds. The first kappa shape index (κ1) is 19.5. The molecule has 0 radical (unpaired) electrons. The number of nitrogens with one attached hydrogen (secondary N) is 1. The van der Waals surface area contributed by atoms with Crippen LogP contribution in [-0.4, -0.2) is 26.2 Å². The third kappa shape index (κ3) is 4.01. The van der Waals surface area contributed by atoms with E-state index in [1.807, 2.05) is 19.9 Å². The minimum absolute atomic E-state index is 0.0712. The number of hydrogen-bond donors (Lipinski definition) is 1. The summed E-state index contributed by atoms with van der Waals surface area (Å²) in [4.78, 5) is 34.1. The summed E-state index contributed by atoms with van der Waals surface area (Å²) in [5.74, 6) is -0.544. The van der Waals surface area contributed by atoms with Gasteiger partial charge in [0, 0.05) is 6.04 Å². The molecule has 0 bridgehead atoms. The van der Waals surface area contributed by atoms with Crippen molar-refractivity contribution in [2.75, 3.05) is 11.1 Å². The summed E-state index contributed by atoms with van der Waals surface area (Å²) >= 11 is 2.41. The van der Waals surface area contributed by atoms with Crippen LogP contribution in [0.15, 0.2) is 52.4 Å². The normalized spacial score (nSPS) is 11.4. The van der Waals surface area contributed by atoms with Gasteiger partial charge in [-0.2, -0.15) is 0 Å². The fourth-order valence-electron chi connectivity index (χ4n) is 2.92. The molecule has 2 aromatic heterocycles. The van der Waals surface area contributed by atoms with Crippen molar-refractivity contribution in [2.24, 2.45) is 0 Å². The minimum atomic E-state index is -0.344. The second kappa shape index (κ2) is 7.92. The van der Waals surface area contributed by atoms with Gasteiger partial charge in [-0.3, -0.25) is 14.2 Å². The van der Waals surface area contributed by atoms with Gasteiger partial charge in [0.05, 0.1) is 26.9 Å². The van der Waals surface area contributed by atoms with Crippen LogP contribution in [0.2, 0.25) is 0 Å². The van der Waals surface area contributed by atoms with Crippen LogP contribution in [-0.2, 0) is 4.79 Å². The lowest BCUT2D eigenvalue weighted by Crippen LogP contribution is -2.25. The lowest BCUT2D eigenvalue weighted by Gasteiger charge is -2.15. The van der Waals surface area contributed by atoms with Crippen LogP contribution in [0.4, 0.5) is 9.52 Å². The molecule has 0 saturated heterocycles. The molecule has 0 aliphatic carbocycles. The third-order valence-corrected chi connectivity index (χ3v) is 6.11. The lowest BCUT2D eigenvalue weighted by atomic mass is 10.2. The monoisotopic (exact) mass is 428 g/mol. The van der Waals surface area contributed by atoms with E-state index in [4.69, 9.17) is 0 Å². The zero-order valence-electron chi connectivity index (χ0n) is 15.7. The number of anilines is 1. The number of rotatable bonds is 5. The number of hydrogen-bond acceptors (Lipinski definition) is 6. The van der Waals surface area contributed by atoms with E-state index < -0.39 is 0 Å². The van der Waals surface area contributed by atoms with Crippen LogP contribution in [0.25, 0.3) is 21.1 Å². The Hall–Kier alpha value is -2.78. The van der Waals surface area contributed by atoms with E-state index >= 15 is 0 Å². The number of benzene rings is 2. The molecule has 148 valence electrons. The number of halogens is 1. The molecule has 29 heavy (non-hydrogen) atoms.